The number of carbonyl (C=O) groups excluding carboxylic acids is 1. The van der Waals surface area contributed by atoms with Gasteiger partial charge in [-0.15, -0.1) is 0 Å². The molecular weight excluding hydrogens is 375 g/mol. The smallest absolute Gasteiger partial charge is 0.449 e. The number of hydrogen-bond acceptors (Lipinski definition) is 3. The fourth-order valence-electron chi connectivity index (χ4n) is 3.72. The van der Waals surface area contributed by atoms with Gasteiger partial charge in [0, 0.05) is 17.6 Å². The molecule has 1 fully saturated rings. The monoisotopic (exact) mass is 397 g/mol. The van der Waals surface area contributed by atoms with E-state index in [0.717, 1.165) is 4.57 Å². The van der Waals surface area contributed by atoms with Crippen LogP contribution in [0.15, 0.2) is 18.2 Å². The van der Waals surface area contributed by atoms with Crippen molar-refractivity contribution in [3.8, 4) is 0 Å². The van der Waals surface area contributed by atoms with Crippen molar-refractivity contribution >= 4 is 22.9 Å². The zero-order valence-electron chi connectivity index (χ0n) is 15.6. The molecule has 9 heteroatoms. The average Bonchev–Trinajstić information content (AvgIpc) is 3.01. The minimum absolute atomic E-state index is 0.114. The predicted octanol–water partition coefficient (Wildman–Crippen LogP) is 4.01. The Kier molecular flexibility index (Phi) is 5.36. The molecule has 1 saturated carbocycles. The van der Waals surface area contributed by atoms with Crippen molar-refractivity contribution in [2.24, 2.45) is 5.92 Å². The van der Waals surface area contributed by atoms with Gasteiger partial charge >= 0.3 is 12.1 Å². The summed E-state index contributed by atoms with van der Waals surface area (Å²) in [6.45, 7) is 3.29. The molecule has 0 spiro atoms. The largest absolute Gasteiger partial charge is 0.481 e. The van der Waals surface area contributed by atoms with Gasteiger partial charge in [-0.2, -0.15) is 13.2 Å². The summed E-state index contributed by atoms with van der Waals surface area (Å²) in [5.41, 5.74) is 0.666. The molecule has 28 heavy (non-hydrogen) atoms. The van der Waals surface area contributed by atoms with E-state index in [1.165, 1.54) is 18.2 Å². The summed E-state index contributed by atoms with van der Waals surface area (Å²) in [5, 5.41) is 11.9. The van der Waals surface area contributed by atoms with Gasteiger partial charge in [0.1, 0.15) is 0 Å². The Bertz CT molecular complexity index is 897. The molecule has 0 bridgehead atoms. The van der Waals surface area contributed by atoms with Gasteiger partial charge in [0.25, 0.3) is 5.91 Å². The quantitative estimate of drug-likeness (QED) is 0.817. The van der Waals surface area contributed by atoms with E-state index in [9.17, 15) is 22.8 Å². The maximum Gasteiger partial charge on any atom is 0.449 e. The Morgan fingerprint density at radius 3 is 2.39 bits per heavy atom. The molecule has 6 nitrogen and oxygen atoms in total. The lowest BCUT2D eigenvalue weighted by Crippen LogP contribution is -2.38. The van der Waals surface area contributed by atoms with Crippen LogP contribution in [0.5, 0.6) is 0 Å². The van der Waals surface area contributed by atoms with Gasteiger partial charge in [0.05, 0.1) is 17.0 Å². The molecule has 0 atom stereocenters. The van der Waals surface area contributed by atoms with Crippen LogP contribution in [0.4, 0.5) is 13.2 Å². The fourth-order valence-corrected chi connectivity index (χ4v) is 3.72. The Morgan fingerprint density at radius 1 is 1.21 bits per heavy atom. The predicted molar refractivity (Wildman–Crippen MR) is 96.0 cm³/mol. The van der Waals surface area contributed by atoms with Crippen LogP contribution < -0.4 is 5.32 Å². The number of aromatic nitrogens is 2. The van der Waals surface area contributed by atoms with Crippen LogP contribution in [0, 0.1) is 5.92 Å². The maximum absolute atomic E-state index is 13.3. The third-order valence-electron chi connectivity index (χ3n) is 5.13. The minimum atomic E-state index is -4.59. The Morgan fingerprint density at radius 2 is 1.86 bits per heavy atom. The first-order valence-corrected chi connectivity index (χ1v) is 9.20. The van der Waals surface area contributed by atoms with Gasteiger partial charge in [-0.3, -0.25) is 9.59 Å². The maximum atomic E-state index is 13.3. The number of carbonyl (C=O) groups is 2. The van der Waals surface area contributed by atoms with E-state index in [-0.39, 0.29) is 23.0 Å². The highest BCUT2D eigenvalue weighted by molar-refractivity contribution is 5.97. The molecule has 2 N–H and O–H groups in total. The highest BCUT2D eigenvalue weighted by atomic mass is 19.4. The highest BCUT2D eigenvalue weighted by Crippen LogP contribution is 2.34. The normalized spacial score (nSPS) is 20.5. The number of imidazole rings is 1. The highest BCUT2D eigenvalue weighted by Gasteiger charge is 2.38. The lowest BCUT2D eigenvalue weighted by Gasteiger charge is -2.26. The molecule has 0 radical (unpaired) electrons. The number of rotatable bonds is 4. The summed E-state index contributed by atoms with van der Waals surface area (Å²) in [7, 11) is 0. The number of aliphatic carboxylic acids is 1. The van der Waals surface area contributed by atoms with Gasteiger partial charge in [-0.05, 0) is 57.7 Å². The second kappa shape index (κ2) is 7.44. The summed E-state index contributed by atoms with van der Waals surface area (Å²) in [5.74, 6) is -2.59. The number of alkyl halides is 3. The van der Waals surface area contributed by atoms with Crippen LogP contribution in [-0.4, -0.2) is 32.6 Å². The van der Waals surface area contributed by atoms with Crippen molar-refractivity contribution in [2.45, 2.75) is 57.8 Å². The second-order valence-corrected chi connectivity index (χ2v) is 7.46. The summed E-state index contributed by atoms with van der Waals surface area (Å²) >= 11 is 0. The van der Waals surface area contributed by atoms with Crippen LogP contribution in [0.2, 0.25) is 0 Å². The van der Waals surface area contributed by atoms with E-state index in [4.69, 9.17) is 5.11 Å². The molecule has 1 aliphatic carbocycles. The molecule has 1 aromatic carbocycles. The molecule has 0 saturated heterocycles. The number of carboxylic acid groups (broad SMARTS) is 1. The number of amides is 1. The number of nitrogens with one attached hydrogen (secondary N) is 1. The SMILES string of the molecule is CC(C)n1c(C(F)(F)F)nc2cc(C(=O)NC3CCC(C(=O)O)CC3)ccc21. The summed E-state index contributed by atoms with van der Waals surface area (Å²) < 4.78 is 41.0. The van der Waals surface area contributed by atoms with Crippen LogP contribution >= 0.6 is 0 Å². The van der Waals surface area contributed by atoms with Crippen LogP contribution in [-0.2, 0) is 11.0 Å². The molecule has 1 aromatic heterocycles. The van der Waals surface area contributed by atoms with Crippen LogP contribution in [0.25, 0.3) is 11.0 Å². The lowest BCUT2D eigenvalue weighted by molar-refractivity contribution is -0.147. The number of hydrogen-bond donors (Lipinski definition) is 2. The molecule has 3 rings (SSSR count). The summed E-state index contributed by atoms with van der Waals surface area (Å²) in [6, 6.07) is 3.75. The van der Waals surface area contributed by atoms with Crippen LogP contribution in [0.3, 0.4) is 0 Å². The van der Waals surface area contributed by atoms with E-state index in [1.807, 2.05) is 0 Å². The number of benzene rings is 1. The number of fused-ring (bicyclic) bond motifs is 1. The topological polar surface area (TPSA) is 84.2 Å². The second-order valence-electron chi connectivity index (χ2n) is 7.46. The Hall–Kier alpha value is -2.58. The van der Waals surface area contributed by atoms with E-state index < -0.39 is 29.9 Å². The van der Waals surface area contributed by atoms with E-state index in [1.54, 1.807) is 13.8 Å². The zero-order chi connectivity index (χ0) is 20.6. The average molecular weight is 397 g/mol. The third kappa shape index (κ3) is 3.98. The first-order valence-electron chi connectivity index (χ1n) is 9.20. The van der Waals surface area contributed by atoms with Crippen molar-refractivity contribution in [1.29, 1.82) is 0 Å². The number of carboxylic acids is 1. The van der Waals surface area contributed by atoms with Gasteiger partial charge in [0.15, 0.2) is 0 Å². The minimum Gasteiger partial charge on any atom is -0.481 e. The van der Waals surface area contributed by atoms with Crippen molar-refractivity contribution in [2.75, 3.05) is 0 Å². The first-order chi connectivity index (χ1) is 13.1. The van der Waals surface area contributed by atoms with Gasteiger partial charge in [-0.25, -0.2) is 4.98 Å². The Labute approximate surface area is 159 Å². The van der Waals surface area contributed by atoms with Crippen molar-refractivity contribution in [3.05, 3.63) is 29.6 Å². The molecule has 2 aromatic rings. The van der Waals surface area contributed by atoms with Crippen molar-refractivity contribution in [3.63, 3.8) is 0 Å². The number of halogens is 3. The van der Waals surface area contributed by atoms with E-state index in [2.05, 4.69) is 10.3 Å². The number of nitrogens with zero attached hydrogens (tertiary/aromatic N) is 2. The molecule has 1 heterocycles. The Balaban J connectivity index is 1.81. The third-order valence-corrected chi connectivity index (χ3v) is 5.13. The van der Waals surface area contributed by atoms with Gasteiger partial charge < -0.3 is 15.0 Å². The molecule has 152 valence electrons. The first kappa shape index (κ1) is 20.2. The van der Waals surface area contributed by atoms with Crippen molar-refractivity contribution < 1.29 is 27.9 Å². The molecule has 1 amide bonds. The van der Waals surface area contributed by atoms with Gasteiger partial charge in [-0.1, -0.05) is 0 Å². The molecule has 0 unspecified atom stereocenters. The molecule has 0 aliphatic heterocycles. The fraction of sp³-hybridized carbons (Fsp3) is 0.526. The summed E-state index contributed by atoms with van der Waals surface area (Å²) in [6.07, 6.45) is -2.48. The standard InChI is InChI=1S/C19H22F3N3O3/c1-10(2)25-15-8-5-12(9-14(15)24-18(25)19(20,21)22)16(26)23-13-6-3-11(4-7-13)17(27)28/h5,8-11,13H,3-4,6-7H2,1-2H3,(H,23,26)(H,27,28). The zero-order valence-corrected chi connectivity index (χ0v) is 15.6. The lowest BCUT2D eigenvalue weighted by atomic mass is 9.86. The summed E-state index contributed by atoms with van der Waals surface area (Å²) in [4.78, 5) is 27.2. The molecular formula is C19H22F3N3O3. The van der Waals surface area contributed by atoms with Crippen LogP contribution in [0.1, 0.15) is 61.8 Å². The van der Waals surface area contributed by atoms with E-state index in [0.29, 0.717) is 31.2 Å². The molecule has 1 aliphatic rings. The van der Waals surface area contributed by atoms with Crippen molar-refractivity contribution in [1.82, 2.24) is 14.9 Å². The van der Waals surface area contributed by atoms with E-state index >= 15 is 0 Å². The van der Waals surface area contributed by atoms with Gasteiger partial charge in [0.2, 0.25) is 5.82 Å².